The molecule has 21 heavy (non-hydrogen) atoms. The summed E-state index contributed by atoms with van der Waals surface area (Å²) in [6.45, 7) is 4.88. The molecule has 1 aliphatic rings. The third-order valence-electron chi connectivity index (χ3n) is 4.30. The lowest BCUT2D eigenvalue weighted by atomic mass is 10.0. The molecule has 0 spiro atoms. The Labute approximate surface area is 129 Å². The molecule has 0 aliphatic heterocycles. The highest BCUT2D eigenvalue weighted by atomic mass is 16.5. The summed E-state index contributed by atoms with van der Waals surface area (Å²) in [6, 6.07) is 8.34. The molecule has 0 aromatic heterocycles. The van der Waals surface area contributed by atoms with Crippen molar-refractivity contribution in [1.82, 2.24) is 0 Å². The van der Waals surface area contributed by atoms with Gasteiger partial charge in [0.25, 0.3) is 0 Å². The second-order valence-corrected chi connectivity index (χ2v) is 6.80. The smallest absolute Gasteiger partial charge is 0.102 e. The highest BCUT2D eigenvalue weighted by Gasteiger charge is 2.15. The van der Waals surface area contributed by atoms with E-state index in [1.807, 2.05) is 12.1 Å². The molecule has 2 nitrogen and oxygen atoms in total. The van der Waals surface area contributed by atoms with Gasteiger partial charge < -0.3 is 9.84 Å². The predicted octanol–water partition coefficient (Wildman–Crippen LogP) is 4.66. The molecule has 1 atom stereocenters. The Morgan fingerprint density at radius 2 is 1.67 bits per heavy atom. The summed E-state index contributed by atoms with van der Waals surface area (Å²) in [5.74, 6) is 0.666. The number of benzene rings is 1. The van der Waals surface area contributed by atoms with E-state index in [1.165, 1.54) is 31.2 Å². The first kappa shape index (κ1) is 16.5. The van der Waals surface area contributed by atoms with E-state index in [-0.39, 0.29) is 0 Å². The second kappa shape index (κ2) is 8.55. The van der Waals surface area contributed by atoms with Crippen LogP contribution in [0.1, 0.15) is 69.6 Å². The zero-order chi connectivity index (χ0) is 15.1. The van der Waals surface area contributed by atoms with Crippen molar-refractivity contribution >= 4 is 0 Å². The maximum absolute atomic E-state index is 10.3. The fourth-order valence-corrected chi connectivity index (χ4v) is 3.08. The monoisotopic (exact) mass is 290 g/mol. The Hall–Kier alpha value is -0.860. The molecule has 1 saturated carbocycles. The van der Waals surface area contributed by atoms with E-state index in [0.29, 0.717) is 18.6 Å². The molecular formula is C19H30O2. The van der Waals surface area contributed by atoms with E-state index in [1.54, 1.807) is 0 Å². The number of hydrogen-bond acceptors (Lipinski definition) is 2. The van der Waals surface area contributed by atoms with Gasteiger partial charge >= 0.3 is 0 Å². The topological polar surface area (TPSA) is 29.5 Å². The van der Waals surface area contributed by atoms with Gasteiger partial charge in [-0.05, 0) is 36.3 Å². The molecule has 0 heterocycles. The summed E-state index contributed by atoms with van der Waals surface area (Å²) in [5.41, 5.74) is 2.31. The molecule has 1 N–H and O–H groups in total. The Morgan fingerprint density at radius 1 is 1.05 bits per heavy atom. The summed E-state index contributed by atoms with van der Waals surface area (Å²) < 4.78 is 5.92. The first-order valence-electron chi connectivity index (χ1n) is 8.53. The van der Waals surface area contributed by atoms with Gasteiger partial charge in [-0.25, -0.2) is 0 Å². The first-order valence-corrected chi connectivity index (χ1v) is 8.53. The van der Waals surface area contributed by atoms with Crippen LogP contribution in [0.25, 0.3) is 0 Å². The van der Waals surface area contributed by atoms with Crippen LogP contribution in [0.3, 0.4) is 0 Å². The van der Waals surface area contributed by atoms with Crippen molar-refractivity contribution in [2.75, 3.05) is 6.61 Å². The lowest BCUT2D eigenvalue weighted by Gasteiger charge is -2.18. The van der Waals surface area contributed by atoms with E-state index >= 15 is 0 Å². The average molecular weight is 290 g/mol. The summed E-state index contributed by atoms with van der Waals surface area (Å²) in [5, 5.41) is 10.3. The van der Waals surface area contributed by atoms with Crippen molar-refractivity contribution in [2.24, 2.45) is 5.92 Å². The predicted molar refractivity (Wildman–Crippen MR) is 87.4 cm³/mol. The normalized spacial score (nSPS) is 18.7. The van der Waals surface area contributed by atoms with Crippen LogP contribution in [0.4, 0.5) is 0 Å². The SMILES string of the molecule is CC(C)Cc1ccc(C(O)COC2CCCCCC2)cc1. The van der Waals surface area contributed by atoms with Gasteiger partial charge in [0.1, 0.15) is 6.10 Å². The molecule has 1 aliphatic carbocycles. The number of rotatable bonds is 6. The summed E-state index contributed by atoms with van der Waals surface area (Å²) >= 11 is 0. The first-order chi connectivity index (χ1) is 10.1. The molecule has 1 aromatic carbocycles. The molecule has 2 rings (SSSR count). The molecule has 118 valence electrons. The molecule has 1 fully saturated rings. The third kappa shape index (κ3) is 5.80. The van der Waals surface area contributed by atoms with Crippen LogP contribution in [-0.4, -0.2) is 17.8 Å². The maximum atomic E-state index is 10.3. The van der Waals surface area contributed by atoms with Gasteiger partial charge in [0.2, 0.25) is 0 Å². The molecule has 0 bridgehead atoms. The van der Waals surface area contributed by atoms with Crippen LogP contribution >= 0.6 is 0 Å². The van der Waals surface area contributed by atoms with Gasteiger partial charge in [-0.1, -0.05) is 63.8 Å². The molecule has 1 aromatic rings. The van der Waals surface area contributed by atoms with Crippen molar-refractivity contribution in [3.05, 3.63) is 35.4 Å². The largest absolute Gasteiger partial charge is 0.386 e. The molecule has 0 amide bonds. The number of aliphatic hydroxyl groups excluding tert-OH is 1. The number of ether oxygens (including phenoxy) is 1. The van der Waals surface area contributed by atoms with Crippen LogP contribution in [-0.2, 0) is 11.2 Å². The fraction of sp³-hybridized carbons (Fsp3) is 0.684. The Bertz CT molecular complexity index is 389. The number of hydrogen-bond donors (Lipinski definition) is 1. The van der Waals surface area contributed by atoms with Crippen LogP contribution < -0.4 is 0 Å². The molecule has 2 heteroatoms. The van der Waals surface area contributed by atoms with Gasteiger partial charge in [0, 0.05) is 0 Å². The van der Waals surface area contributed by atoms with Crippen molar-refractivity contribution in [3.63, 3.8) is 0 Å². The summed E-state index contributed by atoms with van der Waals surface area (Å²) in [7, 11) is 0. The van der Waals surface area contributed by atoms with Crippen LogP contribution in [0.15, 0.2) is 24.3 Å². The molecule has 1 unspecified atom stereocenters. The standard InChI is InChI=1S/C19H30O2/c1-15(2)13-16-9-11-17(12-10-16)19(20)14-21-18-7-5-3-4-6-8-18/h9-12,15,18-20H,3-8,13-14H2,1-2H3. The summed E-state index contributed by atoms with van der Waals surface area (Å²) in [6.07, 6.45) is 8.45. The molecule has 0 saturated heterocycles. The third-order valence-corrected chi connectivity index (χ3v) is 4.30. The van der Waals surface area contributed by atoms with Gasteiger partial charge in [0.05, 0.1) is 12.7 Å². The van der Waals surface area contributed by atoms with Gasteiger partial charge in [-0.3, -0.25) is 0 Å². The fourth-order valence-electron chi connectivity index (χ4n) is 3.08. The zero-order valence-corrected chi connectivity index (χ0v) is 13.6. The van der Waals surface area contributed by atoms with Crippen molar-refractivity contribution in [2.45, 2.75) is 71.0 Å². The molecular weight excluding hydrogens is 260 g/mol. The van der Waals surface area contributed by atoms with E-state index in [4.69, 9.17) is 4.74 Å². The second-order valence-electron chi connectivity index (χ2n) is 6.80. The van der Waals surface area contributed by atoms with E-state index in [0.717, 1.165) is 24.8 Å². The minimum absolute atomic E-state index is 0.349. The lowest BCUT2D eigenvalue weighted by molar-refractivity contribution is -0.0159. The molecule has 0 radical (unpaired) electrons. The average Bonchev–Trinajstić information content (AvgIpc) is 2.73. The van der Waals surface area contributed by atoms with Gasteiger partial charge in [-0.15, -0.1) is 0 Å². The maximum Gasteiger partial charge on any atom is 0.102 e. The van der Waals surface area contributed by atoms with Crippen molar-refractivity contribution in [1.29, 1.82) is 0 Å². The van der Waals surface area contributed by atoms with E-state index in [2.05, 4.69) is 26.0 Å². The highest BCUT2D eigenvalue weighted by Crippen LogP contribution is 2.22. The highest BCUT2D eigenvalue weighted by molar-refractivity contribution is 5.24. The van der Waals surface area contributed by atoms with Crippen LogP contribution in [0.5, 0.6) is 0 Å². The Kier molecular flexibility index (Phi) is 6.72. The lowest BCUT2D eigenvalue weighted by Crippen LogP contribution is -2.17. The van der Waals surface area contributed by atoms with E-state index < -0.39 is 6.10 Å². The zero-order valence-electron chi connectivity index (χ0n) is 13.6. The van der Waals surface area contributed by atoms with Gasteiger partial charge in [0.15, 0.2) is 0 Å². The minimum Gasteiger partial charge on any atom is -0.386 e. The quantitative estimate of drug-likeness (QED) is 0.772. The summed E-state index contributed by atoms with van der Waals surface area (Å²) in [4.78, 5) is 0. The van der Waals surface area contributed by atoms with Crippen molar-refractivity contribution in [3.8, 4) is 0 Å². The van der Waals surface area contributed by atoms with Crippen LogP contribution in [0, 0.1) is 5.92 Å². The Balaban J connectivity index is 1.80. The van der Waals surface area contributed by atoms with Crippen LogP contribution in [0.2, 0.25) is 0 Å². The van der Waals surface area contributed by atoms with E-state index in [9.17, 15) is 5.11 Å². The van der Waals surface area contributed by atoms with Gasteiger partial charge in [-0.2, -0.15) is 0 Å². The van der Waals surface area contributed by atoms with Crippen molar-refractivity contribution < 1.29 is 9.84 Å². The minimum atomic E-state index is -0.499. The Morgan fingerprint density at radius 3 is 2.24 bits per heavy atom. The number of aliphatic hydroxyl groups is 1.